The Hall–Kier alpha value is 1.26. The van der Waals surface area contributed by atoms with E-state index in [2.05, 4.69) is 0 Å². The number of hydrogen-bond acceptors (Lipinski definition) is 5. The molecule has 0 aliphatic rings. The van der Waals surface area contributed by atoms with Crippen LogP contribution in [0.3, 0.4) is 0 Å². The molecule has 0 atom stereocenters. The second-order valence-electron chi connectivity index (χ2n) is 0.287. The molecule has 0 saturated heterocycles. The van der Waals surface area contributed by atoms with Crippen LogP contribution in [-0.2, 0) is 77.3 Å². The van der Waals surface area contributed by atoms with E-state index in [1.165, 1.54) is 0 Å². The van der Waals surface area contributed by atoms with E-state index in [9.17, 15) is 0 Å². The van der Waals surface area contributed by atoms with Crippen LogP contribution in [0, 0.1) is 0 Å². The van der Waals surface area contributed by atoms with Crippen LogP contribution in [0.2, 0.25) is 0 Å². The van der Waals surface area contributed by atoms with Gasteiger partial charge in [-0.25, -0.2) is 0 Å². The molecular weight excluding hydrogens is 363 g/mol. The number of hydrogen-bond donors (Lipinski definition) is 0. The van der Waals surface area contributed by atoms with Gasteiger partial charge in [0.25, 0.3) is 0 Å². The van der Waals surface area contributed by atoms with Crippen LogP contribution < -0.4 is 0 Å². The molecule has 0 amide bonds. The third kappa shape index (κ3) is 179. The molecule has 0 unspecified atom stereocenters. The summed E-state index contributed by atoms with van der Waals surface area (Å²) in [5.41, 5.74) is 0. The van der Waals surface area contributed by atoms with Crippen molar-refractivity contribution in [1.82, 2.24) is 0 Å². The van der Waals surface area contributed by atoms with Crippen molar-refractivity contribution in [2.24, 2.45) is 0 Å². The summed E-state index contributed by atoms with van der Waals surface area (Å²) < 4.78 is 42.8. The molecule has 0 aliphatic carbocycles. The Morgan fingerprint density at radius 2 is 1.00 bits per heavy atom. The molecular formula is Mo2O5Zr. The van der Waals surface area contributed by atoms with Crippen LogP contribution >= 0.6 is 0 Å². The van der Waals surface area contributed by atoms with Crippen LogP contribution in [0.25, 0.3) is 0 Å². The van der Waals surface area contributed by atoms with Crippen molar-refractivity contribution in [3.8, 4) is 0 Å². The summed E-state index contributed by atoms with van der Waals surface area (Å²) in [6.45, 7) is 0. The predicted octanol–water partition coefficient (Wildman–Crippen LogP) is -0.602. The van der Waals surface area contributed by atoms with Gasteiger partial charge in [-0.1, -0.05) is 0 Å². The molecule has 0 radical (unpaired) electrons. The molecule has 0 saturated carbocycles. The molecule has 5 nitrogen and oxygen atoms in total. The SMILES string of the molecule is [Mo].[O]=[Mo](=[O])=[O].[O]=[Zr]=[O]. The van der Waals surface area contributed by atoms with Gasteiger partial charge in [-0.3, -0.25) is 0 Å². The maximum atomic E-state index is 8.59. The van der Waals surface area contributed by atoms with Crippen molar-refractivity contribution in [3.63, 3.8) is 0 Å². The van der Waals surface area contributed by atoms with E-state index in [0.717, 1.165) is 0 Å². The zero-order valence-electron chi connectivity index (χ0n) is 3.36. The first-order chi connectivity index (χ1) is 3.15. The van der Waals surface area contributed by atoms with Gasteiger partial charge in [-0.15, -0.1) is 0 Å². The molecule has 0 bridgehead atoms. The zero-order chi connectivity index (χ0) is 6.28. The van der Waals surface area contributed by atoms with Gasteiger partial charge in [-0.05, 0) is 0 Å². The molecule has 0 aromatic rings. The van der Waals surface area contributed by atoms with E-state index in [-0.39, 0.29) is 21.1 Å². The van der Waals surface area contributed by atoms with Gasteiger partial charge >= 0.3 is 56.3 Å². The fraction of sp³-hybridized carbons (Fsp3) is 0. The minimum absolute atomic E-state index is 0. The Morgan fingerprint density at radius 3 is 1.00 bits per heavy atom. The summed E-state index contributed by atoms with van der Waals surface area (Å²) in [4.78, 5) is 0. The number of rotatable bonds is 0. The van der Waals surface area contributed by atoms with Gasteiger partial charge in [0, 0.05) is 21.1 Å². The minimum atomic E-state index is -4.11. The predicted molar refractivity (Wildman–Crippen MR) is 3.43 cm³/mol. The van der Waals surface area contributed by atoms with Gasteiger partial charge in [0.1, 0.15) is 0 Å². The normalized spacial score (nSPS) is 4.00. The first-order valence-corrected chi connectivity index (χ1v) is 5.37. The molecule has 0 aromatic carbocycles. The van der Waals surface area contributed by atoms with Crippen LogP contribution in [-0.4, -0.2) is 0 Å². The Morgan fingerprint density at radius 1 is 1.00 bits per heavy atom. The van der Waals surface area contributed by atoms with E-state index >= 15 is 0 Å². The molecule has 0 heterocycles. The third-order valence-electron chi connectivity index (χ3n) is 0. The van der Waals surface area contributed by atoms with E-state index in [1.807, 2.05) is 0 Å². The topological polar surface area (TPSA) is 85.3 Å². The maximum absolute atomic E-state index is 8.59. The fourth-order valence-electron chi connectivity index (χ4n) is 0. The van der Waals surface area contributed by atoms with Crippen molar-refractivity contribution < 1.29 is 77.3 Å². The Labute approximate surface area is 76.4 Å². The Balaban J connectivity index is -0.0000000575. The Bertz CT molecular complexity index is 137. The van der Waals surface area contributed by atoms with Gasteiger partial charge in [0.05, 0.1) is 0 Å². The van der Waals surface area contributed by atoms with Crippen LogP contribution in [0.5, 0.6) is 0 Å². The molecule has 0 aliphatic heterocycles. The first-order valence-electron chi connectivity index (χ1n) is 0.908. The monoisotopic (exact) mass is 366 g/mol. The summed E-state index contributed by atoms with van der Waals surface area (Å²) in [7, 11) is 0. The summed E-state index contributed by atoms with van der Waals surface area (Å²) in [5, 5.41) is 0. The van der Waals surface area contributed by atoms with E-state index < -0.39 is 40.4 Å². The van der Waals surface area contributed by atoms with E-state index in [0.29, 0.717) is 0 Å². The van der Waals surface area contributed by atoms with E-state index in [4.69, 9.17) is 15.8 Å². The van der Waals surface area contributed by atoms with Crippen LogP contribution in [0.1, 0.15) is 0 Å². The second-order valence-corrected chi connectivity index (χ2v) is 1.70. The van der Waals surface area contributed by atoms with Gasteiger partial charge in [0.2, 0.25) is 0 Å². The van der Waals surface area contributed by atoms with E-state index in [1.54, 1.807) is 0 Å². The third-order valence-corrected chi connectivity index (χ3v) is 0. The molecule has 0 spiro atoms. The van der Waals surface area contributed by atoms with Crippen LogP contribution in [0.4, 0.5) is 0 Å². The van der Waals surface area contributed by atoms with Crippen molar-refractivity contribution in [1.29, 1.82) is 0 Å². The quantitative estimate of drug-likeness (QED) is 0.537. The van der Waals surface area contributed by atoms with Crippen LogP contribution in [0.15, 0.2) is 0 Å². The molecule has 0 N–H and O–H groups in total. The van der Waals surface area contributed by atoms with Gasteiger partial charge in [0.15, 0.2) is 0 Å². The summed E-state index contributed by atoms with van der Waals surface area (Å²) in [5.74, 6) is 0. The molecule has 8 heavy (non-hydrogen) atoms. The Kier molecular flexibility index (Phi) is 31.7. The summed E-state index contributed by atoms with van der Waals surface area (Å²) in [6, 6.07) is 0. The van der Waals surface area contributed by atoms with Crippen molar-refractivity contribution in [3.05, 3.63) is 0 Å². The average molecular weight is 363 g/mol. The first kappa shape index (κ1) is 16.1. The molecule has 8 heteroatoms. The van der Waals surface area contributed by atoms with Gasteiger partial charge in [-0.2, -0.15) is 0 Å². The van der Waals surface area contributed by atoms with Crippen molar-refractivity contribution in [2.75, 3.05) is 0 Å². The fourth-order valence-corrected chi connectivity index (χ4v) is 0. The van der Waals surface area contributed by atoms with Crippen molar-refractivity contribution >= 4 is 0 Å². The molecule has 0 aromatic heterocycles. The second kappa shape index (κ2) is 15.7. The molecule has 0 rings (SSSR count). The molecule has 0 fully saturated rings. The van der Waals surface area contributed by atoms with Gasteiger partial charge < -0.3 is 0 Å². The molecule has 46 valence electrons. The summed E-state index contributed by atoms with van der Waals surface area (Å²) in [6.07, 6.45) is 0. The zero-order valence-corrected chi connectivity index (χ0v) is 9.83. The van der Waals surface area contributed by atoms with Crippen molar-refractivity contribution in [2.45, 2.75) is 0 Å². The standard InChI is InChI=1S/2Mo.5O.Zr. The average Bonchev–Trinajstić information content (AvgIpc) is 1.33. The summed E-state index contributed by atoms with van der Waals surface area (Å²) >= 11 is -6.38.